The van der Waals surface area contributed by atoms with Crippen LogP contribution < -0.4 is 16.0 Å². The number of amides is 4. The Morgan fingerprint density at radius 2 is 1.73 bits per heavy atom. The van der Waals surface area contributed by atoms with Crippen LogP contribution in [0.3, 0.4) is 0 Å². The molecule has 14 nitrogen and oxygen atoms in total. The molecule has 0 radical (unpaired) electrons. The van der Waals surface area contributed by atoms with Crippen LogP contribution in [0.5, 0.6) is 5.75 Å². The molecule has 1 aliphatic rings. The molecule has 1 saturated heterocycles. The Morgan fingerprint density at radius 1 is 1.00 bits per heavy atom. The molecule has 3 aromatic rings. The number of hydrogen-bond donors (Lipinski definition) is 4. The summed E-state index contributed by atoms with van der Waals surface area (Å²) < 4.78 is 6.52. The second-order valence-corrected chi connectivity index (χ2v) is 15.7. The molecular formula is C37H48IN7O7. The fraction of sp³-hybridized carbons (Fsp3) is 0.514. The first-order valence-corrected chi connectivity index (χ1v) is 18.7. The summed E-state index contributed by atoms with van der Waals surface area (Å²) >= 11 is 2.13. The van der Waals surface area contributed by atoms with E-state index < -0.39 is 35.4 Å². The molecule has 0 aliphatic carbocycles. The first-order chi connectivity index (χ1) is 24.6. The lowest BCUT2D eigenvalue weighted by molar-refractivity contribution is -0.142. The van der Waals surface area contributed by atoms with Crippen molar-refractivity contribution >= 4 is 52.0 Å². The molecule has 2 aromatic heterocycles. The lowest BCUT2D eigenvalue weighted by atomic mass is 9.96. The molecule has 0 saturated carbocycles. The van der Waals surface area contributed by atoms with Crippen molar-refractivity contribution in [3.8, 4) is 17.2 Å². The summed E-state index contributed by atoms with van der Waals surface area (Å²) in [6, 6.07) is 7.05. The molecule has 1 fully saturated rings. The van der Waals surface area contributed by atoms with Crippen molar-refractivity contribution in [2.24, 2.45) is 11.8 Å². The second kappa shape index (κ2) is 17.9. The molecule has 0 spiro atoms. The highest BCUT2D eigenvalue weighted by atomic mass is 127. The van der Waals surface area contributed by atoms with Crippen LogP contribution in [0.25, 0.3) is 11.5 Å². The lowest BCUT2D eigenvalue weighted by Gasteiger charge is -2.31. The molecule has 280 valence electrons. The van der Waals surface area contributed by atoms with Crippen LogP contribution in [-0.4, -0.2) is 84.8 Å². The van der Waals surface area contributed by atoms with Crippen LogP contribution in [0.15, 0.2) is 47.0 Å². The number of likely N-dealkylation sites (tertiary alicyclic amines) is 1. The third kappa shape index (κ3) is 10.8. The summed E-state index contributed by atoms with van der Waals surface area (Å²) in [5.41, 5.74) is 0.266. The minimum Gasteiger partial charge on any atom is -0.508 e. The van der Waals surface area contributed by atoms with E-state index in [1.165, 1.54) is 17.0 Å². The number of phenols is 1. The van der Waals surface area contributed by atoms with Crippen LogP contribution in [0.4, 0.5) is 0 Å². The Morgan fingerprint density at radius 3 is 2.40 bits per heavy atom. The summed E-state index contributed by atoms with van der Waals surface area (Å²) in [4.78, 5) is 72.3. The van der Waals surface area contributed by atoms with Crippen molar-refractivity contribution < 1.29 is 33.5 Å². The molecule has 1 aliphatic heterocycles. The molecule has 0 unspecified atom stereocenters. The van der Waals surface area contributed by atoms with Gasteiger partial charge in [-0.2, -0.15) is 0 Å². The van der Waals surface area contributed by atoms with Gasteiger partial charge in [0, 0.05) is 33.8 Å². The molecule has 0 bridgehead atoms. The zero-order chi connectivity index (χ0) is 38.2. The number of phenolic OH excluding ortho intramolecular Hbond substituents is 1. The third-order valence-electron chi connectivity index (χ3n) is 8.93. The highest BCUT2D eigenvalue weighted by Crippen LogP contribution is 2.25. The monoisotopic (exact) mass is 829 g/mol. The number of carbonyl (C=O) groups is 5. The molecule has 3 heterocycles. The van der Waals surface area contributed by atoms with E-state index in [1.54, 1.807) is 38.2 Å². The number of aromatic hydroxyl groups is 1. The van der Waals surface area contributed by atoms with Gasteiger partial charge in [0.15, 0.2) is 0 Å². The summed E-state index contributed by atoms with van der Waals surface area (Å²) in [6.45, 7) is 11.4. The van der Waals surface area contributed by atoms with Crippen molar-refractivity contribution in [1.82, 2.24) is 36.0 Å². The van der Waals surface area contributed by atoms with Crippen LogP contribution in [0.2, 0.25) is 0 Å². The van der Waals surface area contributed by atoms with Gasteiger partial charge in [-0.05, 0) is 104 Å². The fourth-order valence-corrected chi connectivity index (χ4v) is 6.51. The third-order valence-corrected chi connectivity index (χ3v) is 9.60. The van der Waals surface area contributed by atoms with Crippen molar-refractivity contribution in [2.45, 2.75) is 104 Å². The maximum atomic E-state index is 13.8. The van der Waals surface area contributed by atoms with E-state index in [0.29, 0.717) is 49.9 Å². The average molecular weight is 830 g/mol. The van der Waals surface area contributed by atoms with Gasteiger partial charge < -0.3 is 30.4 Å². The summed E-state index contributed by atoms with van der Waals surface area (Å²) in [5, 5.41) is 26.3. The predicted molar refractivity (Wildman–Crippen MR) is 201 cm³/mol. The SMILES string of the molecule is CC(C)[C@H](NC(=O)[C@@H]1CCCN1C(=O)[C@@H](NC(=O)CCCCC(C)(C)NC(=O)c1cc(I)ccn1)C(C)C)C(=O)c1nnc(-c2cccc(O)c2)o1. The Balaban J connectivity index is 1.31. The second-order valence-electron chi connectivity index (χ2n) is 14.4. The van der Waals surface area contributed by atoms with Crippen molar-refractivity contribution in [3.05, 3.63) is 57.7 Å². The number of carbonyl (C=O) groups excluding carboxylic acids is 5. The van der Waals surface area contributed by atoms with Gasteiger partial charge in [-0.15, -0.1) is 10.2 Å². The van der Waals surface area contributed by atoms with E-state index >= 15 is 0 Å². The first-order valence-electron chi connectivity index (χ1n) is 17.6. The minimum atomic E-state index is -1.000. The largest absolute Gasteiger partial charge is 0.508 e. The molecule has 1 aromatic carbocycles. The summed E-state index contributed by atoms with van der Waals surface area (Å²) in [5.74, 6) is -2.75. The number of benzene rings is 1. The van der Waals surface area contributed by atoms with E-state index in [1.807, 2.05) is 33.8 Å². The number of nitrogens with one attached hydrogen (secondary N) is 3. The van der Waals surface area contributed by atoms with Gasteiger partial charge in [-0.25, -0.2) is 0 Å². The normalized spacial score (nSPS) is 15.7. The number of Topliss-reactive ketones (excluding diaryl/α,β-unsaturated/α-hetero) is 1. The number of nitrogens with zero attached hydrogens (tertiary/aromatic N) is 4. The van der Waals surface area contributed by atoms with Crippen molar-refractivity contribution in [1.29, 1.82) is 0 Å². The van der Waals surface area contributed by atoms with Gasteiger partial charge in [-0.3, -0.25) is 29.0 Å². The maximum Gasteiger partial charge on any atom is 0.286 e. The zero-order valence-electron chi connectivity index (χ0n) is 30.4. The standard InChI is InChI=1S/C37H48IN7O7/c1-21(2)29(31(48)35-44-43-34(52-35)23-11-9-12-25(46)19-23)41-33(50)27-13-10-18-45(27)36(51)30(22(3)4)40-28(47)14-7-8-16-37(5,6)42-32(49)26-20-24(38)15-17-39-26/h9,11-12,15,17,19-22,27,29-30,46H,7-8,10,13-14,16,18H2,1-6H3,(H,40,47)(H,41,50)(H,42,49)/t27-,29-,30-/m0/s1. The van der Waals surface area contributed by atoms with Crippen LogP contribution in [0.1, 0.15) is 101 Å². The Hall–Kier alpha value is -4.41. The number of pyridine rings is 1. The van der Waals surface area contributed by atoms with Gasteiger partial charge in [0.05, 0.1) is 6.04 Å². The van der Waals surface area contributed by atoms with E-state index in [2.05, 4.69) is 53.7 Å². The minimum absolute atomic E-state index is 0.00115. The number of unbranched alkanes of at least 4 members (excludes halogenated alkanes) is 1. The van der Waals surface area contributed by atoms with Crippen LogP contribution >= 0.6 is 22.6 Å². The van der Waals surface area contributed by atoms with Gasteiger partial charge in [-0.1, -0.05) is 40.2 Å². The molecule has 4 N–H and O–H groups in total. The van der Waals surface area contributed by atoms with Crippen LogP contribution in [-0.2, 0) is 14.4 Å². The number of halogens is 1. The summed E-state index contributed by atoms with van der Waals surface area (Å²) in [7, 11) is 0. The van der Waals surface area contributed by atoms with Gasteiger partial charge in [0.25, 0.3) is 11.8 Å². The summed E-state index contributed by atoms with van der Waals surface area (Å²) in [6.07, 6.45) is 4.65. The van der Waals surface area contributed by atoms with E-state index in [0.717, 1.165) is 3.57 Å². The van der Waals surface area contributed by atoms with E-state index in [-0.39, 0.29) is 53.5 Å². The Bertz CT molecular complexity index is 1760. The molecule has 4 amide bonds. The van der Waals surface area contributed by atoms with Gasteiger partial charge in [0.2, 0.25) is 29.4 Å². The quantitative estimate of drug-likeness (QED) is 0.0896. The predicted octanol–water partition coefficient (Wildman–Crippen LogP) is 4.67. The molecule has 15 heteroatoms. The maximum absolute atomic E-state index is 13.8. The Labute approximate surface area is 317 Å². The number of rotatable bonds is 16. The number of aromatic nitrogens is 3. The highest BCUT2D eigenvalue weighted by molar-refractivity contribution is 14.1. The average Bonchev–Trinajstić information content (AvgIpc) is 3.78. The van der Waals surface area contributed by atoms with E-state index in [4.69, 9.17) is 4.42 Å². The topological polar surface area (TPSA) is 197 Å². The molecule has 4 rings (SSSR count). The van der Waals surface area contributed by atoms with Crippen molar-refractivity contribution in [2.75, 3.05) is 6.54 Å². The smallest absolute Gasteiger partial charge is 0.286 e. The Kier molecular flexibility index (Phi) is 13.9. The fourth-order valence-electron chi connectivity index (χ4n) is 6.05. The van der Waals surface area contributed by atoms with Crippen molar-refractivity contribution in [3.63, 3.8) is 0 Å². The molecule has 3 atom stereocenters. The van der Waals surface area contributed by atoms with E-state index in [9.17, 15) is 29.1 Å². The number of hydrogen-bond acceptors (Lipinski definition) is 10. The molecular weight excluding hydrogens is 781 g/mol. The van der Waals surface area contributed by atoms with Gasteiger partial charge >= 0.3 is 0 Å². The first kappa shape index (κ1) is 40.4. The van der Waals surface area contributed by atoms with Gasteiger partial charge in [0.1, 0.15) is 23.5 Å². The number of ketones is 1. The highest BCUT2D eigenvalue weighted by Gasteiger charge is 2.40. The molecule has 52 heavy (non-hydrogen) atoms. The zero-order valence-corrected chi connectivity index (χ0v) is 32.6. The lowest BCUT2D eigenvalue weighted by Crippen LogP contribution is -2.57. The van der Waals surface area contributed by atoms with Crippen LogP contribution in [0, 0.1) is 15.4 Å².